The first kappa shape index (κ1) is 129. The molecule has 8 aromatic carbocycles. The van der Waals surface area contributed by atoms with Crippen molar-refractivity contribution in [3.63, 3.8) is 0 Å². The lowest BCUT2D eigenvalue weighted by Crippen LogP contribution is -2.50. The zero-order valence-corrected chi connectivity index (χ0v) is 84.4. The number of aliphatic carboxylic acids is 4. The number of nitrogen functional groups attached to an aromatic ring is 3. The number of hydrogen-bond donors (Lipinski definition) is 14. The molecule has 2 fully saturated rings. The fourth-order valence-corrected chi connectivity index (χ4v) is 11.6. The molecule has 0 bridgehead atoms. The van der Waals surface area contributed by atoms with Crippen LogP contribution in [0.2, 0.25) is 35.4 Å². The molecule has 15 rings (SSSR count). The highest BCUT2D eigenvalue weighted by molar-refractivity contribution is 8.24. The van der Waals surface area contributed by atoms with Gasteiger partial charge in [0.25, 0.3) is 11.8 Å². The minimum atomic E-state index is -5.08. The molecule has 2 saturated heterocycles. The fourth-order valence-electron chi connectivity index (χ4n) is 10.4. The van der Waals surface area contributed by atoms with Crippen LogP contribution in [0.1, 0.15) is 91.0 Å². The van der Waals surface area contributed by atoms with Crippen molar-refractivity contribution in [3.05, 3.63) is 296 Å². The van der Waals surface area contributed by atoms with Crippen molar-refractivity contribution >= 4 is 224 Å². The summed E-state index contributed by atoms with van der Waals surface area (Å²) >= 11 is 53.4. The number of halogens is 24. The number of aromatic nitrogens is 10. The van der Waals surface area contributed by atoms with E-state index in [0.29, 0.717) is 117 Å². The van der Waals surface area contributed by atoms with Gasteiger partial charge in [-0.25, -0.2) is 67.1 Å². The molecule has 0 unspecified atom stereocenters. The number of amides is 3. The van der Waals surface area contributed by atoms with Crippen molar-refractivity contribution in [2.75, 3.05) is 57.5 Å². The number of fused-ring (bicyclic) bond motifs is 3. The third-order valence-corrected chi connectivity index (χ3v) is 18.9. The van der Waals surface area contributed by atoms with Gasteiger partial charge in [-0.05, 0) is 193 Å². The third kappa shape index (κ3) is 47.5. The topological polar surface area (TPSA) is 588 Å². The molecule has 2 aliphatic heterocycles. The first-order valence-corrected chi connectivity index (χ1v) is 47.1. The van der Waals surface area contributed by atoms with E-state index in [2.05, 4.69) is 99.5 Å². The predicted octanol–water partition coefficient (Wildman–Crippen LogP) is 20.5. The Morgan fingerprint density at radius 1 is 0.470 bits per heavy atom. The molecule has 0 aliphatic carbocycles. The molecule has 149 heavy (non-hydrogen) atoms. The fraction of sp³-hybridized carbons (Fsp3) is 0.193. The van der Waals surface area contributed by atoms with E-state index < -0.39 is 88.8 Å². The number of H-pyrrole nitrogens is 2. The lowest BCUT2D eigenvalue weighted by Gasteiger charge is -2.39. The maximum absolute atomic E-state index is 14.3. The Bertz CT molecular complexity index is 6790. The number of benzene rings is 8. The van der Waals surface area contributed by atoms with Crippen LogP contribution in [-0.4, -0.2) is 210 Å². The zero-order chi connectivity index (χ0) is 113. The summed E-state index contributed by atoms with van der Waals surface area (Å²) in [5, 5.41) is 56.9. The Morgan fingerprint density at radius 2 is 0.812 bits per heavy atom. The highest BCUT2D eigenvalue weighted by Crippen LogP contribution is 2.61. The number of carbonyl (C=O) groups excluding carboxylic acids is 4. The summed E-state index contributed by atoms with van der Waals surface area (Å²) in [6.45, 7) is 8.04. The van der Waals surface area contributed by atoms with E-state index in [1.165, 1.54) is 75.2 Å². The van der Waals surface area contributed by atoms with E-state index in [9.17, 15) is 99.6 Å². The van der Waals surface area contributed by atoms with E-state index in [-0.39, 0.29) is 57.7 Å². The van der Waals surface area contributed by atoms with Gasteiger partial charge >= 0.3 is 77.2 Å². The van der Waals surface area contributed by atoms with Crippen molar-refractivity contribution < 1.29 is 145 Å². The number of anilines is 3. The zero-order valence-electron chi connectivity index (χ0n) is 75.9. The number of aromatic carboxylic acids is 1. The smallest absolute Gasteiger partial charge is 0.478 e. The summed E-state index contributed by atoms with van der Waals surface area (Å²) in [7, 11) is 2.92. The molecule has 0 radical (unpaired) electrons. The number of ether oxygens (including phenoxy) is 1. The van der Waals surface area contributed by atoms with Crippen molar-refractivity contribution in [1.29, 1.82) is 0 Å². The third-order valence-electron chi connectivity index (χ3n) is 17.3. The van der Waals surface area contributed by atoms with E-state index >= 15 is 0 Å². The van der Waals surface area contributed by atoms with E-state index in [1.54, 1.807) is 127 Å². The largest absolute Gasteiger partial charge is 0.490 e. The predicted molar refractivity (Wildman–Crippen MR) is 528 cm³/mol. The Labute approximate surface area is 879 Å². The summed E-state index contributed by atoms with van der Waals surface area (Å²) in [6, 6.07) is 38.8. The average Bonchev–Trinajstić information content (AvgIpc) is 0.773. The number of aliphatic hydroxyl groups is 1. The maximum Gasteiger partial charge on any atom is 0.490 e. The van der Waals surface area contributed by atoms with Crippen LogP contribution in [0.15, 0.2) is 199 Å². The molecule has 17 N–H and O–H groups in total. The number of carboxylic acid groups (broad SMARTS) is 5. The molecule has 5 aromatic heterocycles. The molecule has 36 nitrogen and oxygen atoms in total. The number of likely N-dealkylation sites (tertiary alicyclic amines) is 1. The number of carbonyl (C=O) groups is 9. The summed E-state index contributed by atoms with van der Waals surface area (Å²) < 4.78 is 170. The number of nitrogens with one attached hydrogen (secondary N) is 5. The van der Waals surface area contributed by atoms with Crippen LogP contribution < -0.4 is 44.5 Å². The van der Waals surface area contributed by atoms with Gasteiger partial charge in [0.05, 0.1) is 62.6 Å². The van der Waals surface area contributed by atoms with Crippen LogP contribution in [0.4, 0.5) is 83.3 Å². The summed E-state index contributed by atoms with van der Waals surface area (Å²) in [4.78, 5) is 152. The number of rotatable bonds is 9. The van der Waals surface area contributed by atoms with Gasteiger partial charge < -0.3 is 83.4 Å². The lowest BCUT2D eigenvalue weighted by atomic mass is 9.92. The number of carboxylic acids is 5. The number of nitrogens with two attached hydrogens (primary N) is 3. The van der Waals surface area contributed by atoms with Crippen LogP contribution >= 0.6 is 120 Å². The average molecular weight is 2330 g/mol. The molecule has 800 valence electrons. The Balaban J connectivity index is 0.000000428. The number of nitrogens with zero attached hydrogens (tertiary/aromatic N) is 9. The standard InChI is InChI=1S/C20H23FN4O3.C15H15FN4O.C8H4Cl2N2.2C8H5ClN2O.C7H6ClNO2.C7H8ClNO.C7H6ClNO.4C2HF3O2.Cl3OP/c1-20(2,3)28-19(27)25-10-13(11-25)17-16(23-7-8-24-17)12-5-6-14(15(21)9-12)18(26)22-4;1-17-15(21)11-3-2-9(6-12(11)16)13-14(10-7-18-8-10)20-5-4-19-13;9-6-2-1-5-4-11-8(10)12-7(5)3-6;2*9-6-2-1-5-4-10-8(12)11-7(5)3-6;8-4-1-2-5(7(10)11)6(9)3-4;2*8-6-2-1-5(4-10)7(9)3-6;4*3-2(4,5)1(6)7;1-5(2,3)4/h5-9,13H,10-11H2,1-4H3,(H,22,26);2-6,10,18H,7-8H2,1H3,(H,17,21);1-4H;2*1-4H,(H,10,11,12);1-3H,9H2,(H,10,11);1-3,10H,4,9H2;1-4H,9H2;4*(H,6,7);. The summed E-state index contributed by atoms with van der Waals surface area (Å²) in [5.41, 5.74) is 23.5. The van der Waals surface area contributed by atoms with Crippen LogP contribution in [0.5, 0.6) is 0 Å². The first-order valence-electron chi connectivity index (χ1n) is 40.1. The summed E-state index contributed by atoms with van der Waals surface area (Å²) in [6.07, 6.45) is -8.95. The highest BCUT2D eigenvalue weighted by Gasteiger charge is 2.41. The highest BCUT2D eigenvalue weighted by atomic mass is 36.0. The molecule has 7 heterocycles. The Kier molecular flexibility index (Phi) is 52.1. The molecule has 0 spiro atoms. The van der Waals surface area contributed by atoms with Crippen molar-refractivity contribution in [3.8, 4) is 22.5 Å². The minimum Gasteiger partial charge on any atom is -0.478 e. The van der Waals surface area contributed by atoms with Gasteiger partial charge in [-0.1, -0.05) is 87.8 Å². The molecular formula is C88H76Cl10F14N17O19P. The number of aliphatic hydroxyl groups excluding tert-OH is 1. The quantitative estimate of drug-likeness (QED) is 0.0210. The van der Waals surface area contributed by atoms with Gasteiger partial charge in [-0.15, -0.1) is 0 Å². The van der Waals surface area contributed by atoms with Crippen LogP contribution in [0, 0.1) is 11.6 Å². The number of hydrogen-bond acceptors (Lipinski definition) is 26. The molecule has 0 saturated carbocycles. The monoisotopic (exact) mass is 2320 g/mol. The second kappa shape index (κ2) is 60.0. The van der Waals surface area contributed by atoms with Gasteiger partial charge in [0, 0.05) is 181 Å². The van der Waals surface area contributed by atoms with Gasteiger partial charge in [0.1, 0.15) is 17.2 Å². The molecule has 0 atom stereocenters. The number of aldehydes is 1. The second-order valence-electron chi connectivity index (χ2n) is 29.3. The Morgan fingerprint density at radius 3 is 1.15 bits per heavy atom. The lowest BCUT2D eigenvalue weighted by molar-refractivity contribution is -0.193. The first-order chi connectivity index (χ1) is 69.0. The summed E-state index contributed by atoms with van der Waals surface area (Å²) in [5.74, 6) is -13.9. The SMILES string of the molecule is CNC(=O)c1ccc(-c2nccnc2C2CN(C(=O)OC(C)(C)C)C2)cc1F.CNC(=O)c1ccc(-c2nccnc2C2CNC2)cc1F.Clc1ccc2cnc(Cl)nc2c1.Nc1cc(Cl)ccc1C(=O)O.Nc1cc(Cl)ccc1C=O.Nc1cc(Cl)ccc1CO.O=C(O)C(F)(F)F.O=C(O)C(F)(F)F.O=C(O)C(F)(F)F.O=C(O)C(F)(F)F.O=P(Cl)(Cl)Cl.O=c1ncc2ccc(Cl)cc2[nH]1.O=c1ncc2ccc(Cl)cc2[nH]1. The number of alkyl halides is 12. The van der Waals surface area contributed by atoms with Crippen LogP contribution in [0.25, 0.3) is 55.2 Å². The van der Waals surface area contributed by atoms with Gasteiger partial charge in [-0.3, -0.25) is 38.9 Å². The molecule has 13 aromatic rings. The van der Waals surface area contributed by atoms with Crippen molar-refractivity contribution in [2.24, 2.45) is 0 Å². The van der Waals surface area contributed by atoms with Gasteiger partial charge in [0.15, 0.2) is 6.29 Å². The Hall–Kier alpha value is -13.8. The minimum absolute atomic E-state index is 0.0158. The van der Waals surface area contributed by atoms with E-state index in [0.717, 1.165) is 40.5 Å². The molecule has 3 amide bonds. The molecule has 61 heteroatoms. The maximum atomic E-state index is 14.3. The van der Waals surface area contributed by atoms with E-state index in [1.807, 2.05) is 26.8 Å². The van der Waals surface area contributed by atoms with E-state index in [4.69, 9.17) is 153 Å². The second-order valence-corrected chi connectivity index (χ2v) is 38.9. The normalized spacial score (nSPS) is 11.8. The van der Waals surface area contributed by atoms with Gasteiger partial charge in [-0.2, -0.15) is 52.7 Å². The van der Waals surface area contributed by atoms with Crippen LogP contribution in [0.3, 0.4) is 0 Å². The molecule has 2 aliphatic rings. The van der Waals surface area contributed by atoms with Crippen molar-refractivity contribution in [1.82, 2.24) is 70.7 Å². The molecular weight excluding hydrogens is 2250 g/mol. The van der Waals surface area contributed by atoms with Gasteiger partial charge in [0.2, 0.25) is 5.28 Å². The van der Waals surface area contributed by atoms with Crippen LogP contribution in [-0.2, 0) is 35.1 Å². The number of aromatic amines is 2. The van der Waals surface area contributed by atoms with Crippen molar-refractivity contribution in [2.45, 2.75) is 69.5 Å².